The molecule has 0 saturated heterocycles. The van der Waals surface area contributed by atoms with E-state index in [1.165, 1.54) is 6.07 Å². The summed E-state index contributed by atoms with van der Waals surface area (Å²) in [5.41, 5.74) is 1.20. The van der Waals surface area contributed by atoms with Crippen molar-refractivity contribution < 1.29 is 4.92 Å². The Morgan fingerprint density at radius 2 is 1.90 bits per heavy atom. The van der Waals surface area contributed by atoms with Gasteiger partial charge in [-0.05, 0) is 36.8 Å². The summed E-state index contributed by atoms with van der Waals surface area (Å²) in [7, 11) is 0. The zero-order chi connectivity index (χ0) is 14.7. The Hall–Kier alpha value is -1.78. The van der Waals surface area contributed by atoms with Crippen LogP contribution >= 0.6 is 23.2 Å². The van der Waals surface area contributed by atoms with Gasteiger partial charge < -0.3 is 5.32 Å². The first kappa shape index (κ1) is 14.6. The third-order valence-electron chi connectivity index (χ3n) is 2.89. The van der Waals surface area contributed by atoms with Gasteiger partial charge in [-0.25, -0.2) is 0 Å². The van der Waals surface area contributed by atoms with Gasteiger partial charge in [-0.1, -0.05) is 41.4 Å². The van der Waals surface area contributed by atoms with Gasteiger partial charge in [-0.15, -0.1) is 0 Å². The molecule has 2 rings (SSSR count). The molecule has 6 heteroatoms. The van der Waals surface area contributed by atoms with Crippen molar-refractivity contribution in [2.75, 3.05) is 5.32 Å². The van der Waals surface area contributed by atoms with Crippen molar-refractivity contribution in [1.29, 1.82) is 0 Å². The van der Waals surface area contributed by atoms with Crippen molar-refractivity contribution in [2.45, 2.75) is 13.0 Å². The molecule has 20 heavy (non-hydrogen) atoms. The van der Waals surface area contributed by atoms with Crippen molar-refractivity contribution in [1.82, 2.24) is 0 Å². The Bertz CT molecular complexity index is 647. The number of nitro benzene ring substituents is 1. The minimum absolute atomic E-state index is 0.110. The molecule has 1 N–H and O–H groups in total. The monoisotopic (exact) mass is 310 g/mol. The normalized spacial score (nSPS) is 11.9. The van der Waals surface area contributed by atoms with Gasteiger partial charge in [0.1, 0.15) is 10.7 Å². The first-order valence-corrected chi connectivity index (χ1v) is 6.69. The number of halogens is 2. The van der Waals surface area contributed by atoms with Crippen LogP contribution in [0.1, 0.15) is 18.5 Å². The number of nitrogens with one attached hydrogen (secondary N) is 1. The average Bonchev–Trinajstić information content (AvgIpc) is 2.38. The molecule has 0 fully saturated rings. The minimum atomic E-state index is -0.491. The summed E-state index contributed by atoms with van der Waals surface area (Å²) in [5, 5.41) is 14.9. The third kappa shape index (κ3) is 3.21. The van der Waals surface area contributed by atoms with Crippen LogP contribution in [0, 0.1) is 10.1 Å². The fourth-order valence-electron chi connectivity index (χ4n) is 1.91. The Kier molecular flexibility index (Phi) is 4.47. The molecule has 0 aliphatic rings. The predicted molar refractivity (Wildman–Crippen MR) is 81.6 cm³/mol. The molecular weight excluding hydrogens is 299 g/mol. The van der Waals surface area contributed by atoms with Gasteiger partial charge in [0.15, 0.2) is 0 Å². The number of para-hydroxylation sites is 1. The number of anilines is 1. The largest absolute Gasteiger partial charge is 0.373 e. The fourth-order valence-corrected chi connectivity index (χ4v) is 2.35. The molecule has 0 saturated carbocycles. The van der Waals surface area contributed by atoms with Crippen LogP contribution < -0.4 is 5.32 Å². The number of hydrogen-bond donors (Lipinski definition) is 1. The molecule has 0 bridgehead atoms. The average molecular weight is 311 g/mol. The maximum Gasteiger partial charge on any atom is 0.310 e. The van der Waals surface area contributed by atoms with E-state index in [1.54, 1.807) is 18.2 Å². The number of rotatable bonds is 4. The van der Waals surface area contributed by atoms with E-state index in [4.69, 9.17) is 23.2 Å². The Balaban J connectivity index is 2.30. The first-order valence-electron chi connectivity index (χ1n) is 5.94. The molecule has 0 aliphatic heterocycles. The Morgan fingerprint density at radius 1 is 1.20 bits per heavy atom. The van der Waals surface area contributed by atoms with E-state index in [-0.39, 0.29) is 16.8 Å². The van der Waals surface area contributed by atoms with Crippen molar-refractivity contribution in [2.24, 2.45) is 0 Å². The maximum atomic E-state index is 11.1. The molecule has 2 aromatic carbocycles. The number of nitro groups is 1. The highest BCUT2D eigenvalue weighted by Gasteiger charge is 2.19. The fraction of sp³-hybridized carbons (Fsp3) is 0.143. The summed E-state index contributed by atoms with van der Waals surface area (Å²) in [4.78, 5) is 10.6. The summed E-state index contributed by atoms with van der Waals surface area (Å²) in [5.74, 6) is 0. The molecule has 1 atom stereocenters. The molecule has 4 nitrogen and oxygen atoms in total. The second kappa shape index (κ2) is 6.11. The molecule has 0 amide bonds. The number of nitrogens with zero attached hydrogens (tertiary/aromatic N) is 1. The number of benzene rings is 2. The van der Waals surface area contributed by atoms with E-state index >= 15 is 0 Å². The van der Waals surface area contributed by atoms with Crippen LogP contribution in [0.5, 0.6) is 0 Å². The first-order chi connectivity index (χ1) is 9.49. The zero-order valence-corrected chi connectivity index (χ0v) is 12.2. The van der Waals surface area contributed by atoms with E-state index in [0.29, 0.717) is 10.7 Å². The smallest absolute Gasteiger partial charge is 0.310 e. The minimum Gasteiger partial charge on any atom is -0.373 e. The van der Waals surface area contributed by atoms with Gasteiger partial charge in [0.25, 0.3) is 0 Å². The Labute approximate surface area is 126 Å². The van der Waals surface area contributed by atoms with Crippen molar-refractivity contribution >= 4 is 34.6 Å². The van der Waals surface area contributed by atoms with Gasteiger partial charge in [0.05, 0.1) is 4.92 Å². The molecule has 0 spiro atoms. The highest BCUT2D eigenvalue weighted by Crippen LogP contribution is 2.34. The lowest BCUT2D eigenvalue weighted by atomic mass is 10.1. The molecule has 104 valence electrons. The van der Waals surface area contributed by atoms with Crippen LogP contribution in [-0.4, -0.2) is 4.92 Å². The van der Waals surface area contributed by atoms with E-state index < -0.39 is 4.92 Å². The van der Waals surface area contributed by atoms with Crippen molar-refractivity contribution in [3.05, 3.63) is 68.2 Å². The van der Waals surface area contributed by atoms with Crippen LogP contribution in [0.25, 0.3) is 0 Å². The molecule has 0 aromatic heterocycles. The SMILES string of the molecule is CC(Nc1cccc(Cl)c1[N+](=O)[O-])c1cccc(Cl)c1. The van der Waals surface area contributed by atoms with E-state index in [9.17, 15) is 10.1 Å². The topological polar surface area (TPSA) is 55.2 Å². The maximum absolute atomic E-state index is 11.1. The summed E-state index contributed by atoms with van der Waals surface area (Å²) in [6, 6.07) is 12.0. The highest BCUT2D eigenvalue weighted by molar-refractivity contribution is 6.33. The highest BCUT2D eigenvalue weighted by atomic mass is 35.5. The standard InChI is InChI=1S/C14H12Cl2N2O2/c1-9(10-4-2-5-11(15)8-10)17-13-7-3-6-12(16)14(13)18(19)20/h2-9,17H,1H3. The lowest BCUT2D eigenvalue weighted by Crippen LogP contribution is -2.08. The van der Waals surface area contributed by atoms with Gasteiger partial charge in [0.2, 0.25) is 0 Å². The second-order valence-corrected chi connectivity index (χ2v) is 5.16. The predicted octanol–water partition coefficient (Wildman–Crippen LogP) is 5.07. The lowest BCUT2D eigenvalue weighted by molar-refractivity contribution is -0.383. The van der Waals surface area contributed by atoms with Crippen molar-refractivity contribution in [3.8, 4) is 0 Å². The molecular formula is C14H12Cl2N2O2. The lowest BCUT2D eigenvalue weighted by Gasteiger charge is -2.16. The van der Waals surface area contributed by atoms with E-state index in [0.717, 1.165) is 5.56 Å². The van der Waals surface area contributed by atoms with Crippen LogP contribution in [-0.2, 0) is 0 Å². The summed E-state index contributed by atoms with van der Waals surface area (Å²) < 4.78 is 0. The number of hydrogen-bond acceptors (Lipinski definition) is 3. The molecule has 0 heterocycles. The van der Waals surface area contributed by atoms with Gasteiger partial charge in [-0.3, -0.25) is 10.1 Å². The zero-order valence-electron chi connectivity index (χ0n) is 10.6. The quantitative estimate of drug-likeness (QED) is 0.633. The molecule has 0 aliphatic carbocycles. The summed E-state index contributed by atoms with van der Waals surface area (Å²) in [6.45, 7) is 1.90. The van der Waals surface area contributed by atoms with Gasteiger partial charge in [-0.2, -0.15) is 0 Å². The van der Waals surface area contributed by atoms with Gasteiger partial charge >= 0.3 is 5.69 Å². The second-order valence-electron chi connectivity index (χ2n) is 4.31. The summed E-state index contributed by atoms with van der Waals surface area (Å²) >= 11 is 11.8. The molecule has 0 radical (unpaired) electrons. The molecule has 1 unspecified atom stereocenters. The molecule has 2 aromatic rings. The van der Waals surface area contributed by atoms with Crippen molar-refractivity contribution in [3.63, 3.8) is 0 Å². The van der Waals surface area contributed by atoms with E-state index in [2.05, 4.69) is 5.32 Å². The third-order valence-corrected chi connectivity index (χ3v) is 3.43. The van der Waals surface area contributed by atoms with Crippen LogP contribution in [0.4, 0.5) is 11.4 Å². The van der Waals surface area contributed by atoms with Crippen LogP contribution in [0.2, 0.25) is 10.0 Å². The Morgan fingerprint density at radius 3 is 2.55 bits per heavy atom. The van der Waals surface area contributed by atoms with E-state index in [1.807, 2.05) is 25.1 Å². The summed E-state index contributed by atoms with van der Waals surface area (Å²) in [6.07, 6.45) is 0. The van der Waals surface area contributed by atoms with Crippen LogP contribution in [0.15, 0.2) is 42.5 Å². The van der Waals surface area contributed by atoms with Gasteiger partial charge in [0, 0.05) is 11.1 Å². The van der Waals surface area contributed by atoms with Crippen LogP contribution in [0.3, 0.4) is 0 Å².